The van der Waals surface area contributed by atoms with Gasteiger partial charge in [-0.05, 0) is 43.0 Å². The lowest BCUT2D eigenvalue weighted by Crippen LogP contribution is -2.15. The average molecular weight is 279 g/mol. The highest BCUT2D eigenvalue weighted by molar-refractivity contribution is 5.93. The monoisotopic (exact) mass is 279 g/mol. The Morgan fingerprint density at radius 2 is 1.86 bits per heavy atom. The Kier molecular flexibility index (Phi) is 3.44. The van der Waals surface area contributed by atoms with E-state index in [1.165, 1.54) is 11.1 Å². The highest BCUT2D eigenvalue weighted by Crippen LogP contribution is 2.15. The van der Waals surface area contributed by atoms with Crippen molar-refractivity contribution in [1.29, 1.82) is 0 Å². The van der Waals surface area contributed by atoms with E-state index in [4.69, 9.17) is 5.73 Å². The minimum absolute atomic E-state index is 0.447. The topological polar surface area (TPSA) is 60.4 Å². The minimum atomic E-state index is -0.447. The number of carbonyl (C=O) groups is 1. The fourth-order valence-corrected chi connectivity index (χ4v) is 2.59. The van der Waals surface area contributed by atoms with Crippen LogP contribution in [0.5, 0.6) is 0 Å². The van der Waals surface area contributed by atoms with Crippen LogP contribution in [0.4, 0.5) is 0 Å². The van der Waals surface area contributed by atoms with Gasteiger partial charge in [-0.1, -0.05) is 30.3 Å². The number of aryl methyl sites for hydroxylation is 3. The molecule has 4 nitrogen and oxygen atoms in total. The Morgan fingerprint density at radius 3 is 2.57 bits per heavy atom. The Hall–Kier alpha value is -2.62. The van der Waals surface area contributed by atoms with Gasteiger partial charge in [0.2, 0.25) is 0 Å². The van der Waals surface area contributed by atoms with Gasteiger partial charge in [0.1, 0.15) is 11.3 Å². The van der Waals surface area contributed by atoms with E-state index >= 15 is 0 Å². The number of aromatic nitrogens is 2. The van der Waals surface area contributed by atoms with Crippen molar-refractivity contribution >= 4 is 11.6 Å². The van der Waals surface area contributed by atoms with E-state index in [1.54, 1.807) is 11.3 Å². The number of primary amides is 1. The van der Waals surface area contributed by atoms with Crippen LogP contribution in [0, 0.1) is 6.92 Å². The van der Waals surface area contributed by atoms with Gasteiger partial charge in [0.15, 0.2) is 0 Å². The zero-order valence-corrected chi connectivity index (χ0v) is 11.9. The maximum atomic E-state index is 11.5. The third kappa shape index (κ3) is 2.65. The smallest absolute Gasteiger partial charge is 0.267 e. The zero-order chi connectivity index (χ0) is 14.8. The Balaban J connectivity index is 1.86. The molecule has 3 aromatic rings. The lowest BCUT2D eigenvalue weighted by Gasteiger charge is -2.04. The van der Waals surface area contributed by atoms with Gasteiger partial charge >= 0.3 is 0 Å². The zero-order valence-electron chi connectivity index (χ0n) is 11.9. The molecule has 0 saturated carbocycles. The molecule has 4 heteroatoms. The molecule has 1 amide bonds. The SMILES string of the molecule is Cc1nc2cc(CCc3ccccc3)ccn2c1C(N)=O. The van der Waals surface area contributed by atoms with Crippen molar-refractivity contribution in [2.24, 2.45) is 5.73 Å². The largest absolute Gasteiger partial charge is 0.364 e. The normalized spacial score (nSPS) is 10.9. The number of amides is 1. The average Bonchev–Trinajstić information content (AvgIpc) is 2.81. The quantitative estimate of drug-likeness (QED) is 0.797. The number of nitrogens with two attached hydrogens (primary N) is 1. The molecule has 106 valence electrons. The molecular formula is C17H17N3O. The van der Waals surface area contributed by atoms with Crippen LogP contribution in [0.1, 0.15) is 27.3 Å². The summed E-state index contributed by atoms with van der Waals surface area (Å²) < 4.78 is 1.75. The molecule has 2 aromatic heterocycles. The van der Waals surface area contributed by atoms with Crippen LogP contribution in [-0.2, 0) is 12.8 Å². The lowest BCUT2D eigenvalue weighted by atomic mass is 10.1. The van der Waals surface area contributed by atoms with Crippen LogP contribution in [0.2, 0.25) is 0 Å². The molecule has 0 radical (unpaired) electrons. The summed E-state index contributed by atoms with van der Waals surface area (Å²) in [5.74, 6) is -0.447. The first kappa shape index (κ1) is 13.4. The van der Waals surface area contributed by atoms with Crippen LogP contribution in [0.25, 0.3) is 5.65 Å². The van der Waals surface area contributed by atoms with E-state index in [9.17, 15) is 4.79 Å². The minimum Gasteiger partial charge on any atom is -0.364 e. The molecule has 21 heavy (non-hydrogen) atoms. The lowest BCUT2D eigenvalue weighted by molar-refractivity contribution is 0.0994. The van der Waals surface area contributed by atoms with E-state index in [-0.39, 0.29) is 0 Å². The van der Waals surface area contributed by atoms with E-state index in [0.717, 1.165) is 18.5 Å². The summed E-state index contributed by atoms with van der Waals surface area (Å²) in [6, 6.07) is 14.4. The van der Waals surface area contributed by atoms with Crippen LogP contribution in [0.15, 0.2) is 48.7 Å². The predicted octanol–water partition coefficient (Wildman–Crippen LogP) is 2.53. The fraction of sp³-hybridized carbons (Fsp3) is 0.176. The first-order valence-corrected chi connectivity index (χ1v) is 6.96. The fourth-order valence-electron chi connectivity index (χ4n) is 2.59. The van der Waals surface area contributed by atoms with Gasteiger partial charge in [0.05, 0.1) is 5.69 Å². The van der Waals surface area contributed by atoms with Crippen molar-refractivity contribution in [1.82, 2.24) is 9.38 Å². The Morgan fingerprint density at radius 1 is 1.14 bits per heavy atom. The summed E-state index contributed by atoms with van der Waals surface area (Å²) in [7, 11) is 0. The summed E-state index contributed by atoms with van der Waals surface area (Å²) in [4.78, 5) is 15.9. The highest BCUT2D eigenvalue weighted by atomic mass is 16.1. The molecule has 0 spiro atoms. The predicted molar refractivity (Wildman–Crippen MR) is 82.3 cm³/mol. The molecule has 3 rings (SSSR count). The van der Waals surface area contributed by atoms with Crippen LogP contribution in [0.3, 0.4) is 0 Å². The van der Waals surface area contributed by atoms with Crippen LogP contribution >= 0.6 is 0 Å². The molecular weight excluding hydrogens is 262 g/mol. The Labute approximate surface area is 123 Å². The van der Waals surface area contributed by atoms with E-state index in [1.807, 2.05) is 24.4 Å². The standard InChI is InChI=1S/C17H17N3O/c1-12-16(17(18)21)20-10-9-14(11-15(20)19-12)8-7-13-5-3-2-4-6-13/h2-6,9-11H,7-8H2,1H3,(H2,18,21). The first-order chi connectivity index (χ1) is 10.1. The molecule has 0 aliphatic rings. The van der Waals surface area contributed by atoms with Crippen molar-refractivity contribution in [3.8, 4) is 0 Å². The second-order valence-corrected chi connectivity index (χ2v) is 5.16. The van der Waals surface area contributed by atoms with Crippen molar-refractivity contribution < 1.29 is 4.79 Å². The molecule has 2 N–H and O–H groups in total. The number of imidazole rings is 1. The maximum absolute atomic E-state index is 11.5. The van der Waals surface area contributed by atoms with Gasteiger partial charge in [-0.2, -0.15) is 0 Å². The number of hydrogen-bond donors (Lipinski definition) is 1. The number of fused-ring (bicyclic) bond motifs is 1. The number of pyridine rings is 1. The van der Waals surface area contributed by atoms with Crippen molar-refractivity contribution in [2.75, 3.05) is 0 Å². The molecule has 0 aliphatic heterocycles. The molecule has 0 fully saturated rings. The van der Waals surface area contributed by atoms with Gasteiger partial charge in [-0.25, -0.2) is 4.98 Å². The van der Waals surface area contributed by atoms with Crippen LogP contribution in [-0.4, -0.2) is 15.3 Å². The number of benzene rings is 1. The van der Waals surface area contributed by atoms with Gasteiger partial charge in [0.25, 0.3) is 5.91 Å². The second kappa shape index (κ2) is 5.40. The molecule has 0 saturated heterocycles. The molecule has 0 bridgehead atoms. The summed E-state index contributed by atoms with van der Waals surface area (Å²) in [5.41, 5.74) is 9.81. The number of carbonyl (C=O) groups excluding carboxylic acids is 1. The van der Waals surface area contributed by atoms with Gasteiger partial charge < -0.3 is 5.73 Å². The number of nitrogens with zero attached hydrogens (tertiary/aromatic N) is 2. The summed E-state index contributed by atoms with van der Waals surface area (Å²) in [6.45, 7) is 1.80. The van der Waals surface area contributed by atoms with Gasteiger partial charge in [-0.15, -0.1) is 0 Å². The van der Waals surface area contributed by atoms with E-state index in [2.05, 4.69) is 29.2 Å². The second-order valence-electron chi connectivity index (χ2n) is 5.16. The molecule has 1 aromatic carbocycles. The Bertz CT molecular complexity index is 790. The van der Waals surface area contributed by atoms with E-state index in [0.29, 0.717) is 11.4 Å². The van der Waals surface area contributed by atoms with Gasteiger partial charge in [0, 0.05) is 6.20 Å². The van der Waals surface area contributed by atoms with Crippen LogP contribution < -0.4 is 5.73 Å². The molecule has 0 atom stereocenters. The van der Waals surface area contributed by atoms with Gasteiger partial charge in [-0.3, -0.25) is 9.20 Å². The highest BCUT2D eigenvalue weighted by Gasteiger charge is 2.13. The third-order valence-corrected chi connectivity index (χ3v) is 3.64. The first-order valence-electron chi connectivity index (χ1n) is 6.96. The summed E-state index contributed by atoms with van der Waals surface area (Å²) >= 11 is 0. The summed E-state index contributed by atoms with van der Waals surface area (Å²) in [6.07, 6.45) is 3.80. The van der Waals surface area contributed by atoms with Crippen molar-refractivity contribution in [3.63, 3.8) is 0 Å². The number of hydrogen-bond acceptors (Lipinski definition) is 2. The number of rotatable bonds is 4. The molecule has 0 aliphatic carbocycles. The van der Waals surface area contributed by atoms with E-state index < -0.39 is 5.91 Å². The van der Waals surface area contributed by atoms with Crippen molar-refractivity contribution in [3.05, 3.63) is 71.2 Å². The third-order valence-electron chi connectivity index (χ3n) is 3.64. The maximum Gasteiger partial charge on any atom is 0.267 e. The summed E-state index contributed by atoms with van der Waals surface area (Å²) in [5, 5.41) is 0. The molecule has 2 heterocycles. The molecule has 0 unspecified atom stereocenters. The van der Waals surface area contributed by atoms with Crippen molar-refractivity contribution in [2.45, 2.75) is 19.8 Å².